The first-order chi connectivity index (χ1) is 9.74. The number of hydrogen-bond donors (Lipinski definition) is 2. The van der Waals surface area contributed by atoms with Gasteiger partial charge < -0.3 is 5.32 Å². The fourth-order valence-corrected chi connectivity index (χ4v) is 2.25. The van der Waals surface area contributed by atoms with E-state index in [-0.39, 0.29) is 0 Å². The van der Waals surface area contributed by atoms with Crippen LogP contribution in [-0.2, 0) is 0 Å². The first-order valence-electron chi connectivity index (χ1n) is 5.79. The normalized spacial score (nSPS) is 10.5. The summed E-state index contributed by atoms with van der Waals surface area (Å²) in [5.74, 6) is 0.512. The van der Waals surface area contributed by atoms with Gasteiger partial charge in [0.15, 0.2) is 0 Å². The van der Waals surface area contributed by atoms with Crippen molar-refractivity contribution in [3.05, 3.63) is 52.5 Å². The average Bonchev–Trinajstić information content (AvgIpc) is 2.96. The second-order valence-corrected chi connectivity index (χ2v) is 4.87. The Hall–Kier alpha value is -2.11. The van der Waals surface area contributed by atoms with Crippen molar-refractivity contribution in [1.29, 1.82) is 0 Å². The highest BCUT2D eigenvalue weighted by Gasteiger charge is 2.10. The topological polar surface area (TPSA) is 66.5 Å². The average molecular weight is 306 g/mol. The molecule has 0 saturated carbocycles. The van der Waals surface area contributed by atoms with E-state index < -0.39 is 0 Å². The number of nitrogens with zero attached hydrogens (tertiary/aromatic N) is 3. The van der Waals surface area contributed by atoms with Crippen molar-refractivity contribution in [2.24, 2.45) is 0 Å². The molecule has 0 bridgehead atoms. The van der Waals surface area contributed by atoms with Crippen molar-refractivity contribution < 1.29 is 0 Å². The molecule has 0 atom stereocenters. The van der Waals surface area contributed by atoms with Crippen LogP contribution in [0.2, 0.25) is 10.0 Å². The van der Waals surface area contributed by atoms with Crippen LogP contribution in [0, 0.1) is 0 Å². The number of tetrazole rings is 1. The van der Waals surface area contributed by atoms with Crippen molar-refractivity contribution in [2.75, 3.05) is 5.32 Å². The number of halogens is 2. The summed E-state index contributed by atoms with van der Waals surface area (Å²) in [5.41, 5.74) is 2.41. The minimum atomic E-state index is 0.512. The molecule has 0 unspecified atom stereocenters. The summed E-state index contributed by atoms with van der Waals surface area (Å²) < 4.78 is 0. The lowest BCUT2D eigenvalue weighted by Crippen LogP contribution is -1.95. The summed E-state index contributed by atoms with van der Waals surface area (Å²) in [6, 6.07) is 12.9. The zero-order valence-corrected chi connectivity index (χ0v) is 11.7. The van der Waals surface area contributed by atoms with Gasteiger partial charge in [0.05, 0.1) is 10.7 Å². The van der Waals surface area contributed by atoms with Gasteiger partial charge in [-0.05, 0) is 35.5 Å². The quantitative estimate of drug-likeness (QED) is 0.769. The van der Waals surface area contributed by atoms with Crippen molar-refractivity contribution in [2.45, 2.75) is 0 Å². The number of aromatic amines is 1. The second-order valence-electron chi connectivity index (χ2n) is 4.03. The summed E-state index contributed by atoms with van der Waals surface area (Å²) in [4.78, 5) is 0. The minimum Gasteiger partial charge on any atom is -0.354 e. The van der Waals surface area contributed by atoms with Crippen LogP contribution in [0.5, 0.6) is 0 Å². The van der Waals surface area contributed by atoms with E-state index in [0.717, 1.165) is 16.9 Å². The first-order valence-corrected chi connectivity index (χ1v) is 6.54. The van der Waals surface area contributed by atoms with Crippen LogP contribution in [0.4, 0.5) is 11.4 Å². The highest BCUT2D eigenvalue weighted by atomic mass is 35.5. The third-order valence-corrected chi connectivity index (χ3v) is 3.26. The molecule has 3 rings (SSSR count). The Morgan fingerprint density at radius 1 is 1.00 bits per heavy atom. The van der Waals surface area contributed by atoms with Gasteiger partial charge in [-0.3, -0.25) is 0 Å². The Kier molecular flexibility index (Phi) is 3.54. The third-order valence-electron chi connectivity index (χ3n) is 2.71. The van der Waals surface area contributed by atoms with Gasteiger partial charge in [0.1, 0.15) is 0 Å². The second kappa shape index (κ2) is 5.48. The molecule has 0 amide bonds. The zero-order valence-electron chi connectivity index (χ0n) is 10.1. The number of anilines is 2. The SMILES string of the molecule is Clc1ccc(Nc2ccccc2-c2nn[nH]n2)c(Cl)c1. The predicted octanol–water partition coefficient (Wildman–Crippen LogP) is 3.92. The standard InChI is InChI=1S/C13H9Cl2N5/c14-8-5-6-12(10(15)7-8)16-11-4-2-1-3-9(11)13-17-19-20-18-13/h1-7,16H,(H,17,18,19,20). The number of para-hydroxylation sites is 1. The van der Waals surface area contributed by atoms with E-state index in [2.05, 4.69) is 25.9 Å². The number of H-pyrrole nitrogens is 1. The highest BCUT2D eigenvalue weighted by molar-refractivity contribution is 6.36. The van der Waals surface area contributed by atoms with Gasteiger partial charge in [-0.1, -0.05) is 35.3 Å². The van der Waals surface area contributed by atoms with Crippen molar-refractivity contribution >= 4 is 34.6 Å². The molecule has 0 saturated heterocycles. The van der Waals surface area contributed by atoms with E-state index in [1.165, 1.54) is 0 Å². The lowest BCUT2D eigenvalue weighted by atomic mass is 10.1. The van der Waals surface area contributed by atoms with Gasteiger partial charge in [-0.15, -0.1) is 10.2 Å². The molecule has 0 radical (unpaired) electrons. The maximum atomic E-state index is 6.16. The van der Waals surface area contributed by atoms with Crippen LogP contribution < -0.4 is 5.32 Å². The third kappa shape index (κ3) is 2.59. The van der Waals surface area contributed by atoms with Gasteiger partial charge in [-0.25, -0.2) is 0 Å². The van der Waals surface area contributed by atoms with Gasteiger partial charge in [0, 0.05) is 16.3 Å². The zero-order chi connectivity index (χ0) is 13.9. The summed E-state index contributed by atoms with van der Waals surface area (Å²) >= 11 is 12.0. The molecule has 0 fully saturated rings. The molecule has 100 valence electrons. The van der Waals surface area contributed by atoms with E-state index in [1.807, 2.05) is 30.3 Å². The molecule has 5 nitrogen and oxygen atoms in total. The van der Waals surface area contributed by atoms with Gasteiger partial charge in [0.25, 0.3) is 0 Å². The fourth-order valence-electron chi connectivity index (χ4n) is 1.80. The predicted molar refractivity (Wildman–Crippen MR) is 79.4 cm³/mol. The number of nitrogens with one attached hydrogen (secondary N) is 2. The number of rotatable bonds is 3. The summed E-state index contributed by atoms with van der Waals surface area (Å²) in [6.45, 7) is 0. The van der Waals surface area contributed by atoms with Crippen LogP contribution in [0.3, 0.4) is 0 Å². The van der Waals surface area contributed by atoms with Crippen molar-refractivity contribution in [1.82, 2.24) is 20.6 Å². The largest absolute Gasteiger partial charge is 0.354 e. The van der Waals surface area contributed by atoms with Gasteiger partial charge >= 0.3 is 0 Å². The number of aromatic nitrogens is 4. The summed E-state index contributed by atoms with van der Waals surface area (Å²) in [5, 5.41) is 18.3. The molecule has 0 spiro atoms. The molecule has 0 aliphatic heterocycles. The van der Waals surface area contributed by atoms with Crippen LogP contribution in [-0.4, -0.2) is 20.6 Å². The van der Waals surface area contributed by atoms with Gasteiger partial charge in [0.2, 0.25) is 5.82 Å². The Morgan fingerprint density at radius 3 is 2.60 bits per heavy atom. The molecule has 1 aromatic heterocycles. The molecule has 7 heteroatoms. The number of benzene rings is 2. The fraction of sp³-hybridized carbons (Fsp3) is 0. The van der Waals surface area contributed by atoms with E-state index in [1.54, 1.807) is 12.1 Å². The molecule has 0 aliphatic rings. The van der Waals surface area contributed by atoms with Crippen LogP contribution in [0.1, 0.15) is 0 Å². The highest BCUT2D eigenvalue weighted by Crippen LogP contribution is 2.32. The van der Waals surface area contributed by atoms with Gasteiger partial charge in [-0.2, -0.15) is 5.21 Å². The Balaban J connectivity index is 1.99. The maximum Gasteiger partial charge on any atom is 0.206 e. The molecule has 2 aromatic carbocycles. The molecule has 2 N–H and O–H groups in total. The lowest BCUT2D eigenvalue weighted by Gasteiger charge is -2.11. The lowest BCUT2D eigenvalue weighted by molar-refractivity contribution is 0.881. The Morgan fingerprint density at radius 2 is 1.85 bits per heavy atom. The molecule has 1 heterocycles. The van der Waals surface area contributed by atoms with E-state index in [0.29, 0.717) is 15.9 Å². The monoisotopic (exact) mass is 305 g/mol. The van der Waals surface area contributed by atoms with E-state index >= 15 is 0 Å². The number of hydrogen-bond acceptors (Lipinski definition) is 4. The summed E-state index contributed by atoms with van der Waals surface area (Å²) in [7, 11) is 0. The van der Waals surface area contributed by atoms with Crippen molar-refractivity contribution in [3.63, 3.8) is 0 Å². The summed E-state index contributed by atoms with van der Waals surface area (Å²) in [6.07, 6.45) is 0. The smallest absolute Gasteiger partial charge is 0.206 e. The Labute approximate surface area is 124 Å². The van der Waals surface area contributed by atoms with Crippen LogP contribution >= 0.6 is 23.2 Å². The van der Waals surface area contributed by atoms with Crippen LogP contribution in [0.15, 0.2) is 42.5 Å². The molecule has 3 aromatic rings. The van der Waals surface area contributed by atoms with E-state index in [4.69, 9.17) is 23.2 Å². The maximum absolute atomic E-state index is 6.16. The Bertz CT molecular complexity index is 727. The van der Waals surface area contributed by atoms with Crippen molar-refractivity contribution in [3.8, 4) is 11.4 Å². The van der Waals surface area contributed by atoms with Crippen LogP contribution in [0.25, 0.3) is 11.4 Å². The minimum absolute atomic E-state index is 0.512. The first kappa shape index (κ1) is 12.9. The molecular formula is C13H9Cl2N5. The van der Waals surface area contributed by atoms with E-state index in [9.17, 15) is 0 Å². The molecule has 0 aliphatic carbocycles. The molecule has 20 heavy (non-hydrogen) atoms. The molecular weight excluding hydrogens is 297 g/mol.